The van der Waals surface area contributed by atoms with Gasteiger partial charge in [-0.15, -0.1) is 12.4 Å². The van der Waals surface area contributed by atoms with E-state index in [1.807, 2.05) is 18.2 Å². The van der Waals surface area contributed by atoms with Gasteiger partial charge < -0.3 is 15.4 Å². The normalized spacial score (nSPS) is 16.4. The summed E-state index contributed by atoms with van der Waals surface area (Å²) >= 11 is 5.97. The van der Waals surface area contributed by atoms with E-state index < -0.39 is 0 Å². The van der Waals surface area contributed by atoms with E-state index in [0.29, 0.717) is 19.7 Å². The molecule has 0 spiro atoms. The van der Waals surface area contributed by atoms with Gasteiger partial charge in [0.15, 0.2) is 0 Å². The highest BCUT2D eigenvalue weighted by Gasteiger charge is 2.23. The van der Waals surface area contributed by atoms with Crippen LogP contribution in [0.4, 0.5) is 0 Å². The third-order valence-corrected chi connectivity index (χ3v) is 3.52. The molecule has 0 saturated heterocycles. The second-order valence-corrected chi connectivity index (χ2v) is 5.11. The lowest BCUT2D eigenvalue weighted by molar-refractivity contribution is -0.121. The Morgan fingerprint density at radius 3 is 3.05 bits per heavy atom. The van der Waals surface area contributed by atoms with E-state index in [2.05, 4.69) is 10.6 Å². The first-order valence-electron chi connectivity index (χ1n) is 6.48. The summed E-state index contributed by atoms with van der Waals surface area (Å²) in [5, 5.41) is 6.84. The maximum atomic E-state index is 11.8. The highest BCUT2D eigenvalue weighted by Crippen LogP contribution is 2.32. The van der Waals surface area contributed by atoms with Crippen molar-refractivity contribution in [2.75, 3.05) is 26.8 Å². The molecule has 0 fully saturated rings. The molecule has 20 heavy (non-hydrogen) atoms. The van der Waals surface area contributed by atoms with Crippen molar-refractivity contribution in [2.24, 2.45) is 0 Å². The molecule has 1 aliphatic carbocycles. The Hall–Kier alpha value is -0.810. The molecule has 0 saturated carbocycles. The first-order chi connectivity index (χ1) is 9.20. The van der Waals surface area contributed by atoms with Gasteiger partial charge in [0.2, 0.25) is 5.91 Å². The summed E-state index contributed by atoms with van der Waals surface area (Å²) in [6, 6.07) is 5.99. The van der Waals surface area contributed by atoms with Crippen LogP contribution in [0, 0.1) is 0 Å². The number of amides is 1. The molecule has 1 atom stereocenters. The van der Waals surface area contributed by atoms with Crippen molar-refractivity contribution in [1.29, 1.82) is 0 Å². The van der Waals surface area contributed by atoms with Gasteiger partial charge in [0.25, 0.3) is 0 Å². The largest absolute Gasteiger partial charge is 0.383 e. The van der Waals surface area contributed by atoms with Gasteiger partial charge in [-0.1, -0.05) is 17.7 Å². The Balaban J connectivity index is 0.00000200. The van der Waals surface area contributed by atoms with Crippen LogP contribution in [0.1, 0.15) is 23.6 Å². The third-order valence-electron chi connectivity index (χ3n) is 3.29. The number of nitrogens with one attached hydrogen (secondary N) is 2. The molecule has 2 N–H and O–H groups in total. The number of hydrogen-bond acceptors (Lipinski definition) is 3. The van der Waals surface area contributed by atoms with Crippen molar-refractivity contribution < 1.29 is 9.53 Å². The number of aryl methyl sites for hydroxylation is 1. The lowest BCUT2D eigenvalue weighted by Gasteiger charge is -2.14. The molecule has 1 aromatic carbocycles. The van der Waals surface area contributed by atoms with Crippen LogP contribution in [0.2, 0.25) is 5.02 Å². The summed E-state index contributed by atoms with van der Waals surface area (Å²) in [4.78, 5) is 11.8. The quantitative estimate of drug-likeness (QED) is 0.790. The summed E-state index contributed by atoms with van der Waals surface area (Å²) in [7, 11) is 1.64. The third kappa shape index (κ3) is 4.63. The molecule has 0 aliphatic heterocycles. The number of halogens is 2. The highest BCUT2D eigenvalue weighted by atomic mass is 35.5. The van der Waals surface area contributed by atoms with Gasteiger partial charge in [-0.3, -0.25) is 4.79 Å². The second kappa shape index (κ2) is 8.47. The second-order valence-electron chi connectivity index (χ2n) is 4.67. The molecule has 1 amide bonds. The van der Waals surface area contributed by atoms with Crippen LogP contribution >= 0.6 is 24.0 Å². The van der Waals surface area contributed by atoms with E-state index in [9.17, 15) is 4.79 Å². The van der Waals surface area contributed by atoms with Crippen LogP contribution < -0.4 is 10.6 Å². The van der Waals surface area contributed by atoms with Gasteiger partial charge in [-0.25, -0.2) is 0 Å². The molecule has 4 nitrogen and oxygen atoms in total. The van der Waals surface area contributed by atoms with Gasteiger partial charge in [0.05, 0.1) is 19.2 Å². The maximum Gasteiger partial charge on any atom is 0.234 e. The molecule has 0 bridgehead atoms. The van der Waals surface area contributed by atoms with Crippen molar-refractivity contribution in [3.63, 3.8) is 0 Å². The number of carbonyl (C=O) groups excluding carboxylic acids is 1. The molecule has 6 heteroatoms. The van der Waals surface area contributed by atoms with E-state index in [1.165, 1.54) is 11.1 Å². The van der Waals surface area contributed by atoms with Crippen molar-refractivity contribution in [3.05, 3.63) is 34.3 Å². The minimum absolute atomic E-state index is 0. The summed E-state index contributed by atoms with van der Waals surface area (Å²) in [5.74, 6) is 0.0175. The summed E-state index contributed by atoms with van der Waals surface area (Å²) < 4.78 is 4.91. The fraction of sp³-hybridized carbons (Fsp3) is 0.500. The Morgan fingerprint density at radius 2 is 2.30 bits per heavy atom. The molecular weight excluding hydrogens is 299 g/mol. The zero-order valence-electron chi connectivity index (χ0n) is 11.4. The van der Waals surface area contributed by atoms with E-state index in [0.717, 1.165) is 17.9 Å². The van der Waals surface area contributed by atoms with Crippen molar-refractivity contribution in [3.8, 4) is 0 Å². The fourth-order valence-electron chi connectivity index (χ4n) is 2.36. The fourth-order valence-corrected chi connectivity index (χ4v) is 2.55. The lowest BCUT2D eigenvalue weighted by Crippen LogP contribution is -2.36. The monoisotopic (exact) mass is 318 g/mol. The van der Waals surface area contributed by atoms with E-state index >= 15 is 0 Å². The van der Waals surface area contributed by atoms with E-state index in [4.69, 9.17) is 16.3 Å². The highest BCUT2D eigenvalue weighted by molar-refractivity contribution is 6.30. The topological polar surface area (TPSA) is 50.4 Å². The predicted octanol–water partition coefficient (Wildman–Crippen LogP) is 2.10. The molecule has 112 valence electrons. The van der Waals surface area contributed by atoms with Gasteiger partial charge in [0.1, 0.15) is 0 Å². The van der Waals surface area contributed by atoms with Gasteiger partial charge in [-0.05, 0) is 36.1 Å². The zero-order chi connectivity index (χ0) is 13.7. The number of hydrogen-bond donors (Lipinski definition) is 2. The Kier molecular flexibility index (Phi) is 7.30. The molecular formula is C14H20Cl2N2O2. The number of methoxy groups -OCH3 is 1. The van der Waals surface area contributed by atoms with Crippen LogP contribution in [-0.4, -0.2) is 32.7 Å². The first kappa shape index (κ1) is 17.2. The van der Waals surface area contributed by atoms with Crippen LogP contribution in [0.15, 0.2) is 18.2 Å². The summed E-state index contributed by atoms with van der Waals surface area (Å²) in [5.41, 5.74) is 2.43. The minimum Gasteiger partial charge on any atom is -0.383 e. The van der Waals surface area contributed by atoms with E-state index in [-0.39, 0.29) is 24.4 Å². The predicted molar refractivity (Wildman–Crippen MR) is 82.7 cm³/mol. The zero-order valence-corrected chi connectivity index (χ0v) is 13.0. The molecule has 0 heterocycles. The minimum atomic E-state index is 0. The standard InChI is InChI=1S/C14H19ClN2O2.ClH/c1-19-7-6-16-9-14(18)17-13-5-2-10-8-11(15)3-4-12(10)13;/h3-4,8,13,16H,2,5-7,9H2,1H3,(H,17,18);1H. The summed E-state index contributed by atoms with van der Waals surface area (Å²) in [6.45, 7) is 1.61. The van der Waals surface area contributed by atoms with Gasteiger partial charge >= 0.3 is 0 Å². The molecule has 1 aliphatic rings. The number of benzene rings is 1. The number of carbonyl (C=O) groups is 1. The Bertz CT molecular complexity index is 455. The number of fused-ring (bicyclic) bond motifs is 1. The number of ether oxygens (including phenoxy) is 1. The molecule has 0 radical (unpaired) electrons. The van der Waals surface area contributed by atoms with E-state index in [1.54, 1.807) is 7.11 Å². The van der Waals surface area contributed by atoms with Crippen LogP contribution in [-0.2, 0) is 16.0 Å². The average molecular weight is 319 g/mol. The molecule has 2 rings (SSSR count). The Labute approximate surface area is 130 Å². The summed E-state index contributed by atoms with van der Waals surface area (Å²) in [6.07, 6.45) is 1.91. The van der Waals surface area contributed by atoms with Crippen LogP contribution in [0.3, 0.4) is 0 Å². The molecule has 1 aromatic rings. The molecule has 1 unspecified atom stereocenters. The first-order valence-corrected chi connectivity index (χ1v) is 6.86. The van der Waals surface area contributed by atoms with Crippen LogP contribution in [0.5, 0.6) is 0 Å². The van der Waals surface area contributed by atoms with Crippen molar-refractivity contribution in [1.82, 2.24) is 10.6 Å². The van der Waals surface area contributed by atoms with Crippen molar-refractivity contribution >= 4 is 29.9 Å². The lowest BCUT2D eigenvalue weighted by atomic mass is 10.1. The van der Waals surface area contributed by atoms with Crippen molar-refractivity contribution in [2.45, 2.75) is 18.9 Å². The van der Waals surface area contributed by atoms with Gasteiger partial charge in [-0.2, -0.15) is 0 Å². The maximum absolute atomic E-state index is 11.8. The molecule has 0 aromatic heterocycles. The SMILES string of the molecule is COCCNCC(=O)NC1CCc2cc(Cl)ccc21.Cl. The average Bonchev–Trinajstić information content (AvgIpc) is 2.77. The van der Waals surface area contributed by atoms with Crippen LogP contribution in [0.25, 0.3) is 0 Å². The Morgan fingerprint density at radius 1 is 1.50 bits per heavy atom. The number of rotatable bonds is 6. The van der Waals surface area contributed by atoms with Gasteiger partial charge in [0, 0.05) is 18.7 Å². The smallest absolute Gasteiger partial charge is 0.234 e.